The highest BCUT2D eigenvalue weighted by Gasteiger charge is 2.20. The number of aromatic nitrogens is 5. The number of benzene rings is 2. The van der Waals surface area contributed by atoms with Crippen LogP contribution in [0.2, 0.25) is 5.02 Å². The number of para-hydroxylation sites is 3. The number of hydrazone groups is 1. The highest BCUT2D eigenvalue weighted by atomic mass is 35.5. The zero-order chi connectivity index (χ0) is 19.7. The Kier molecular flexibility index (Phi) is 4.76. The zero-order valence-electron chi connectivity index (χ0n) is 14.6. The Bertz CT molecular complexity index is 1320. The van der Waals surface area contributed by atoms with Crippen molar-refractivity contribution >= 4 is 46.3 Å². The van der Waals surface area contributed by atoms with Gasteiger partial charge >= 0.3 is 0 Å². The predicted molar refractivity (Wildman–Crippen MR) is 111 cm³/mol. The number of fused-ring (bicyclic) bond motifs is 1. The number of hydrogen-bond acceptors (Lipinski definition) is 6. The molecule has 0 atom stereocenters. The van der Waals surface area contributed by atoms with Crippen LogP contribution in [0.5, 0.6) is 0 Å². The number of aromatic amines is 2. The van der Waals surface area contributed by atoms with E-state index in [-0.39, 0.29) is 11.4 Å². The van der Waals surface area contributed by atoms with E-state index in [4.69, 9.17) is 23.8 Å². The van der Waals surface area contributed by atoms with Gasteiger partial charge in [-0.25, -0.2) is 4.98 Å². The SMILES string of the molecule is Cn1c(/C(=N\Nc2ccccc2Cl)c2nc3ccccc3[nH]c2=O)n[nH]c1=S. The molecule has 0 amide bonds. The lowest BCUT2D eigenvalue weighted by molar-refractivity contribution is 0.878. The van der Waals surface area contributed by atoms with Crippen LogP contribution in [0, 0.1) is 4.77 Å². The number of hydrogen-bond donors (Lipinski definition) is 3. The van der Waals surface area contributed by atoms with E-state index in [2.05, 4.69) is 30.7 Å². The van der Waals surface area contributed by atoms with Crippen molar-refractivity contribution in [2.75, 3.05) is 5.43 Å². The predicted octanol–water partition coefficient (Wildman–Crippen LogP) is 3.23. The van der Waals surface area contributed by atoms with Gasteiger partial charge in [0.05, 0.1) is 21.7 Å². The van der Waals surface area contributed by atoms with Crippen LogP contribution in [0.15, 0.2) is 58.4 Å². The number of rotatable bonds is 4. The molecular weight excluding hydrogens is 398 g/mol. The Hall–Kier alpha value is -3.30. The first-order valence-corrected chi connectivity index (χ1v) is 9.02. The fourth-order valence-corrected chi connectivity index (χ4v) is 2.94. The van der Waals surface area contributed by atoms with Gasteiger partial charge in [-0.1, -0.05) is 35.9 Å². The van der Waals surface area contributed by atoms with Crippen molar-refractivity contribution < 1.29 is 0 Å². The molecule has 140 valence electrons. The van der Waals surface area contributed by atoms with E-state index >= 15 is 0 Å². The normalized spacial score (nSPS) is 11.7. The summed E-state index contributed by atoms with van der Waals surface area (Å²) in [6, 6.07) is 14.4. The fourth-order valence-electron chi connectivity index (χ4n) is 2.63. The number of halogens is 1. The van der Waals surface area contributed by atoms with Crippen LogP contribution in [-0.2, 0) is 7.05 Å². The molecule has 8 nitrogen and oxygen atoms in total. The van der Waals surface area contributed by atoms with Gasteiger partial charge in [0.15, 0.2) is 22.0 Å². The second kappa shape index (κ2) is 7.37. The first kappa shape index (κ1) is 18.1. The maximum absolute atomic E-state index is 12.7. The second-order valence-corrected chi connectivity index (χ2v) is 6.69. The first-order valence-electron chi connectivity index (χ1n) is 8.24. The molecule has 0 aliphatic rings. The third-order valence-corrected chi connectivity index (χ3v) is 4.77. The summed E-state index contributed by atoms with van der Waals surface area (Å²) in [6.07, 6.45) is 0. The third-order valence-electron chi connectivity index (χ3n) is 4.08. The molecule has 0 unspecified atom stereocenters. The Balaban J connectivity index is 1.91. The molecule has 0 aliphatic heterocycles. The van der Waals surface area contributed by atoms with Crippen LogP contribution in [0.1, 0.15) is 11.5 Å². The van der Waals surface area contributed by atoms with E-state index in [1.165, 1.54) is 0 Å². The summed E-state index contributed by atoms with van der Waals surface area (Å²) in [4.78, 5) is 20.0. The molecule has 0 bridgehead atoms. The molecule has 0 fully saturated rings. The number of nitrogens with zero attached hydrogens (tertiary/aromatic N) is 4. The molecule has 2 heterocycles. The minimum atomic E-state index is -0.396. The summed E-state index contributed by atoms with van der Waals surface area (Å²) in [5.74, 6) is 0.359. The standard InChI is InChI=1S/C18H14ClN7OS/c1-26-16(24-25-18(26)28)14(23-22-11-7-3-2-6-10(11)19)15-17(27)21-13-9-5-4-8-12(13)20-15/h2-9,22H,1H3,(H,21,27)(H,25,28)/b23-14-. The van der Waals surface area contributed by atoms with Gasteiger partial charge in [0, 0.05) is 7.05 Å². The molecule has 2 aromatic carbocycles. The Morgan fingerprint density at radius 3 is 2.71 bits per heavy atom. The van der Waals surface area contributed by atoms with Crippen LogP contribution >= 0.6 is 23.8 Å². The van der Waals surface area contributed by atoms with Gasteiger partial charge in [0.1, 0.15) is 0 Å². The first-order chi connectivity index (χ1) is 13.5. The number of anilines is 1. The molecule has 28 heavy (non-hydrogen) atoms. The highest BCUT2D eigenvalue weighted by molar-refractivity contribution is 7.71. The third kappa shape index (κ3) is 3.32. The fraction of sp³-hybridized carbons (Fsp3) is 0.0556. The van der Waals surface area contributed by atoms with E-state index in [0.717, 1.165) is 0 Å². The van der Waals surface area contributed by atoms with Gasteiger partial charge in [0.25, 0.3) is 5.56 Å². The summed E-state index contributed by atoms with van der Waals surface area (Å²) >= 11 is 11.4. The topological polar surface area (TPSA) is 104 Å². The Labute approximate surface area is 168 Å². The van der Waals surface area contributed by atoms with Crippen molar-refractivity contribution in [3.05, 3.63) is 80.2 Å². The molecule has 2 aromatic heterocycles. The largest absolute Gasteiger partial charge is 0.319 e. The summed E-state index contributed by atoms with van der Waals surface area (Å²) in [5, 5.41) is 11.8. The van der Waals surface area contributed by atoms with E-state index in [1.54, 1.807) is 35.9 Å². The van der Waals surface area contributed by atoms with Crippen molar-refractivity contribution in [2.24, 2.45) is 12.1 Å². The second-order valence-electron chi connectivity index (χ2n) is 5.90. The van der Waals surface area contributed by atoms with Gasteiger partial charge in [-0.3, -0.25) is 15.3 Å². The molecule has 0 spiro atoms. The lowest BCUT2D eigenvalue weighted by Crippen LogP contribution is -2.24. The maximum atomic E-state index is 12.7. The molecule has 0 saturated heterocycles. The van der Waals surface area contributed by atoms with E-state index in [9.17, 15) is 4.79 Å². The highest BCUT2D eigenvalue weighted by Crippen LogP contribution is 2.20. The van der Waals surface area contributed by atoms with Crippen molar-refractivity contribution in [3.8, 4) is 0 Å². The Morgan fingerprint density at radius 2 is 1.96 bits per heavy atom. The molecule has 0 aliphatic carbocycles. The number of nitrogens with one attached hydrogen (secondary N) is 3. The molecule has 10 heteroatoms. The lowest BCUT2D eigenvalue weighted by atomic mass is 10.2. The molecule has 3 N–H and O–H groups in total. The smallest absolute Gasteiger partial charge is 0.276 e. The summed E-state index contributed by atoms with van der Waals surface area (Å²) in [6.45, 7) is 0. The molecule has 4 aromatic rings. The van der Waals surface area contributed by atoms with Crippen LogP contribution in [0.3, 0.4) is 0 Å². The lowest BCUT2D eigenvalue weighted by Gasteiger charge is -2.08. The van der Waals surface area contributed by atoms with Crippen molar-refractivity contribution in [1.82, 2.24) is 24.7 Å². The minimum Gasteiger partial charge on any atom is -0.319 e. The van der Waals surface area contributed by atoms with E-state index in [1.807, 2.05) is 24.3 Å². The molecular formula is C18H14ClN7OS. The van der Waals surface area contributed by atoms with Gasteiger partial charge in [-0.05, 0) is 36.5 Å². The van der Waals surface area contributed by atoms with Gasteiger partial charge in [0.2, 0.25) is 0 Å². The van der Waals surface area contributed by atoms with Gasteiger partial charge in [-0.15, -0.1) is 0 Å². The van der Waals surface area contributed by atoms with Gasteiger partial charge < -0.3 is 9.55 Å². The quantitative estimate of drug-likeness (QED) is 0.272. The monoisotopic (exact) mass is 411 g/mol. The summed E-state index contributed by atoms with van der Waals surface area (Å²) in [5.41, 5.74) is 4.65. The van der Waals surface area contributed by atoms with Gasteiger partial charge in [-0.2, -0.15) is 10.2 Å². The zero-order valence-corrected chi connectivity index (χ0v) is 16.2. The summed E-state index contributed by atoms with van der Waals surface area (Å²) < 4.78 is 2.00. The van der Waals surface area contributed by atoms with Crippen LogP contribution in [0.25, 0.3) is 11.0 Å². The van der Waals surface area contributed by atoms with E-state index in [0.29, 0.717) is 32.3 Å². The van der Waals surface area contributed by atoms with Crippen molar-refractivity contribution in [2.45, 2.75) is 0 Å². The molecule has 0 saturated carbocycles. The van der Waals surface area contributed by atoms with Crippen LogP contribution in [0.4, 0.5) is 5.69 Å². The van der Waals surface area contributed by atoms with Crippen molar-refractivity contribution in [1.29, 1.82) is 0 Å². The van der Waals surface area contributed by atoms with Crippen molar-refractivity contribution in [3.63, 3.8) is 0 Å². The van der Waals surface area contributed by atoms with Crippen LogP contribution < -0.4 is 11.0 Å². The van der Waals surface area contributed by atoms with Crippen LogP contribution in [-0.4, -0.2) is 30.4 Å². The maximum Gasteiger partial charge on any atom is 0.276 e. The number of H-pyrrole nitrogens is 2. The average molecular weight is 412 g/mol. The molecule has 0 radical (unpaired) electrons. The minimum absolute atomic E-state index is 0.107. The average Bonchev–Trinajstić information content (AvgIpc) is 3.02. The molecule has 4 rings (SSSR count). The summed E-state index contributed by atoms with van der Waals surface area (Å²) in [7, 11) is 1.72. The van der Waals surface area contributed by atoms with E-state index < -0.39 is 5.56 Å². The Morgan fingerprint density at radius 1 is 1.21 bits per heavy atom.